The molecule has 10 rings (SSSR count). The first-order chi connectivity index (χ1) is 27.5. The molecule has 10 aromatic rings. The molecule has 0 spiro atoms. The molecule has 1 aromatic heterocycles. The largest absolute Gasteiger partial charge is 0.455 e. The highest BCUT2D eigenvalue weighted by Crippen LogP contribution is 2.45. The van der Waals surface area contributed by atoms with Crippen LogP contribution in [0.15, 0.2) is 205 Å². The van der Waals surface area contributed by atoms with Gasteiger partial charge in [-0.3, -0.25) is 0 Å². The van der Waals surface area contributed by atoms with Gasteiger partial charge in [-0.2, -0.15) is 0 Å². The zero-order valence-electron chi connectivity index (χ0n) is 32.1. The Morgan fingerprint density at radius 3 is 1.75 bits per heavy atom. The van der Waals surface area contributed by atoms with Gasteiger partial charge in [-0.05, 0) is 92.0 Å². The zero-order valence-corrected chi connectivity index (χ0v) is 28.1. The van der Waals surface area contributed by atoms with Gasteiger partial charge in [0, 0.05) is 22.1 Å². The number of rotatable bonds is 6. The molecule has 0 saturated carbocycles. The van der Waals surface area contributed by atoms with Crippen molar-refractivity contribution in [1.82, 2.24) is 0 Å². The molecule has 0 atom stereocenters. The van der Waals surface area contributed by atoms with Gasteiger partial charge in [0.1, 0.15) is 11.2 Å². The number of anilines is 3. The van der Waals surface area contributed by atoms with E-state index >= 15 is 0 Å². The smallest absolute Gasteiger partial charge is 0.143 e. The van der Waals surface area contributed by atoms with E-state index in [1.165, 1.54) is 16.3 Å². The number of hydrogen-bond donors (Lipinski definition) is 0. The first-order valence-corrected chi connectivity index (χ1v) is 17.4. The van der Waals surface area contributed by atoms with Crippen molar-refractivity contribution in [3.63, 3.8) is 0 Å². The van der Waals surface area contributed by atoms with Crippen molar-refractivity contribution in [2.75, 3.05) is 4.90 Å². The summed E-state index contributed by atoms with van der Waals surface area (Å²) in [6, 6.07) is 58.3. The van der Waals surface area contributed by atoms with Crippen LogP contribution in [-0.4, -0.2) is 0 Å². The van der Waals surface area contributed by atoms with Gasteiger partial charge < -0.3 is 9.32 Å². The molecule has 0 unspecified atom stereocenters. The third-order valence-electron chi connectivity index (χ3n) is 9.95. The van der Waals surface area contributed by atoms with Gasteiger partial charge >= 0.3 is 0 Å². The molecule has 9 aromatic carbocycles. The average Bonchev–Trinajstić information content (AvgIpc) is 3.65. The molecule has 0 N–H and O–H groups in total. The van der Waals surface area contributed by atoms with E-state index in [0.29, 0.717) is 22.5 Å². The highest BCUT2D eigenvalue weighted by molar-refractivity contribution is 6.19. The summed E-state index contributed by atoms with van der Waals surface area (Å²) in [6.07, 6.45) is 0. The Hall–Kier alpha value is -6.90. The Morgan fingerprint density at radius 2 is 0.981 bits per heavy atom. The molecular weight excluding hydrogens is 631 g/mol. The highest BCUT2D eigenvalue weighted by atomic mass is 16.3. The summed E-state index contributed by atoms with van der Waals surface area (Å²) in [6.45, 7) is 0. The normalized spacial score (nSPS) is 12.5. The van der Waals surface area contributed by atoms with Gasteiger partial charge in [-0.1, -0.05) is 158 Å². The molecule has 1 heterocycles. The number of fused-ring (bicyclic) bond motifs is 6. The Labute approximate surface area is 308 Å². The highest BCUT2D eigenvalue weighted by Gasteiger charge is 2.20. The third-order valence-corrected chi connectivity index (χ3v) is 9.95. The van der Waals surface area contributed by atoms with E-state index in [9.17, 15) is 5.48 Å². The molecular formula is C50H33NO. The van der Waals surface area contributed by atoms with Crippen LogP contribution in [0.4, 0.5) is 17.1 Å². The van der Waals surface area contributed by atoms with Crippen molar-refractivity contribution in [3.05, 3.63) is 200 Å². The number of furan rings is 1. The van der Waals surface area contributed by atoms with Crippen LogP contribution in [-0.2, 0) is 0 Å². The minimum Gasteiger partial charge on any atom is -0.455 e. The maximum Gasteiger partial charge on any atom is 0.143 e. The van der Waals surface area contributed by atoms with Crippen molar-refractivity contribution in [2.45, 2.75) is 0 Å². The summed E-state index contributed by atoms with van der Waals surface area (Å²) in [7, 11) is 0. The van der Waals surface area contributed by atoms with E-state index in [2.05, 4.69) is 91.0 Å². The number of nitrogens with zero attached hydrogens (tertiary/aromatic N) is 1. The second kappa shape index (κ2) is 12.5. The van der Waals surface area contributed by atoms with Crippen LogP contribution in [0.2, 0.25) is 0 Å². The van der Waals surface area contributed by atoms with E-state index in [4.69, 9.17) is 4.42 Å². The van der Waals surface area contributed by atoms with Gasteiger partial charge in [0.15, 0.2) is 0 Å². The molecule has 0 aliphatic carbocycles. The molecule has 0 bridgehead atoms. The molecule has 2 heteroatoms. The Bertz CT molecular complexity index is 3080. The molecule has 0 fully saturated rings. The maximum atomic E-state index is 9.46. The standard InChI is InChI=1S/C50H33NO/c1-2-10-34(11-3-1)36-24-29-41(30-25-36)51(47-18-9-19-48-49(47)46-33-28-39-13-5-7-16-45(39)50(46)52-48)42-31-26-37(27-32-42)35-20-22-40(23-21-35)44-17-8-14-38-12-4-6-15-43(38)44/h1-33H/i24D,25D,29D,30D. The lowest BCUT2D eigenvalue weighted by Crippen LogP contribution is -2.10. The molecule has 0 radical (unpaired) electrons. The fourth-order valence-electron chi connectivity index (χ4n) is 7.40. The van der Waals surface area contributed by atoms with Crippen LogP contribution in [0.3, 0.4) is 0 Å². The monoisotopic (exact) mass is 667 g/mol. The van der Waals surface area contributed by atoms with Crippen LogP contribution >= 0.6 is 0 Å². The van der Waals surface area contributed by atoms with Crippen molar-refractivity contribution < 1.29 is 9.90 Å². The maximum absolute atomic E-state index is 9.46. The van der Waals surface area contributed by atoms with Gasteiger partial charge in [0.2, 0.25) is 0 Å². The summed E-state index contributed by atoms with van der Waals surface area (Å²) in [4.78, 5) is 1.86. The van der Waals surface area contributed by atoms with Crippen molar-refractivity contribution in [3.8, 4) is 33.4 Å². The minimum absolute atomic E-state index is 0.102. The molecule has 244 valence electrons. The molecule has 0 aliphatic rings. The average molecular weight is 668 g/mol. The second-order valence-corrected chi connectivity index (χ2v) is 13.0. The van der Waals surface area contributed by atoms with E-state index in [1.54, 1.807) is 0 Å². The zero-order chi connectivity index (χ0) is 37.9. The Kier molecular flexibility index (Phi) is 6.22. The minimum atomic E-state index is -0.131. The van der Waals surface area contributed by atoms with E-state index in [-0.39, 0.29) is 35.4 Å². The van der Waals surface area contributed by atoms with E-state index in [1.807, 2.05) is 89.8 Å². The predicted molar refractivity (Wildman–Crippen MR) is 220 cm³/mol. The summed E-state index contributed by atoms with van der Waals surface area (Å²) in [5, 5.41) is 6.20. The molecule has 0 amide bonds. The van der Waals surface area contributed by atoms with Gasteiger partial charge in [0.05, 0.1) is 16.6 Å². The van der Waals surface area contributed by atoms with Crippen LogP contribution in [0.25, 0.3) is 76.9 Å². The van der Waals surface area contributed by atoms with Crippen LogP contribution < -0.4 is 4.90 Å². The van der Waals surface area contributed by atoms with Gasteiger partial charge in [0.25, 0.3) is 0 Å². The van der Waals surface area contributed by atoms with Gasteiger partial charge in [-0.15, -0.1) is 0 Å². The summed E-state index contributed by atoms with van der Waals surface area (Å²) < 4.78 is 43.9. The van der Waals surface area contributed by atoms with Crippen molar-refractivity contribution >= 4 is 60.5 Å². The summed E-state index contributed by atoms with van der Waals surface area (Å²) >= 11 is 0. The third kappa shape index (κ3) is 5.12. The van der Waals surface area contributed by atoms with Crippen LogP contribution in [0.5, 0.6) is 0 Å². The van der Waals surface area contributed by atoms with Crippen molar-refractivity contribution in [1.29, 1.82) is 0 Å². The lowest BCUT2D eigenvalue weighted by molar-refractivity contribution is 0.672. The first kappa shape index (κ1) is 26.0. The topological polar surface area (TPSA) is 16.4 Å². The fourth-order valence-corrected chi connectivity index (χ4v) is 7.40. The Balaban J connectivity index is 1.14. The van der Waals surface area contributed by atoms with E-state index in [0.717, 1.165) is 43.8 Å². The molecule has 0 aliphatic heterocycles. The first-order valence-electron chi connectivity index (χ1n) is 19.4. The van der Waals surface area contributed by atoms with E-state index < -0.39 is 0 Å². The second-order valence-electron chi connectivity index (χ2n) is 13.0. The molecule has 52 heavy (non-hydrogen) atoms. The van der Waals surface area contributed by atoms with Crippen LogP contribution in [0.1, 0.15) is 5.48 Å². The predicted octanol–water partition coefficient (Wildman–Crippen LogP) is 14.4. The fraction of sp³-hybridized carbons (Fsp3) is 0. The SMILES string of the molecule is [2H]c1c([2H])c(N(c2ccc(-c3ccc(-c4cccc5ccccc45)cc3)cc2)c2cccc3oc4c5ccccc5ccc4c23)c([2H])c([2H])c1-c1ccccc1. The van der Waals surface area contributed by atoms with Crippen LogP contribution in [0, 0.1) is 0 Å². The van der Waals surface area contributed by atoms with Crippen molar-refractivity contribution in [2.24, 2.45) is 0 Å². The number of hydrogen-bond acceptors (Lipinski definition) is 2. The lowest BCUT2D eigenvalue weighted by Gasteiger charge is -2.26. The molecule has 2 nitrogen and oxygen atoms in total. The quantitative estimate of drug-likeness (QED) is 0.175. The van der Waals surface area contributed by atoms with Gasteiger partial charge in [-0.25, -0.2) is 0 Å². The summed E-state index contributed by atoms with van der Waals surface area (Å²) in [5.74, 6) is 0. The lowest BCUT2D eigenvalue weighted by atomic mass is 9.96. The molecule has 0 saturated heterocycles. The number of benzene rings is 9. The Morgan fingerprint density at radius 1 is 0.385 bits per heavy atom. The summed E-state index contributed by atoms with van der Waals surface area (Å²) in [5.41, 5.74) is 8.26.